The van der Waals surface area contributed by atoms with Crippen molar-refractivity contribution in [3.63, 3.8) is 0 Å². The predicted octanol–water partition coefficient (Wildman–Crippen LogP) is 3.04. The number of nitrogens with one attached hydrogen (secondary N) is 2. The molecule has 120 valence electrons. The summed E-state index contributed by atoms with van der Waals surface area (Å²) >= 11 is 0. The molecule has 1 unspecified atom stereocenters. The largest absolute Gasteiger partial charge is 0.323 e. The van der Waals surface area contributed by atoms with Crippen LogP contribution >= 0.6 is 0 Å². The van der Waals surface area contributed by atoms with Gasteiger partial charge in [0.1, 0.15) is 0 Å². The fraction of sp³-hybridized carbons (Fsp3) is 0.368. The summed E-state index contributed by atoms with van der Waals surface area (Å²) in [5, 5.41) is 6.31. The van der Waals surface area contributed by atoms with Crippen molar-refractivity contribution in [2.24, 2.45) is 0 Å². The van der Waals surface area contributed by atoms with E-state index in [0.717, 1.165) is 30.8 Å². The zero-order valence-corrected chi connectivity index (χ0v) is 13.7. The summed E-state index contributed by atoms with van der Waals surface area (Å²) < 4.78 is 0. The number of amides is 1. The molecule has 0 saturated carbocycles. The molecule has 0 fully saturated rings. The van der Waals surface area contributed by atoms with Gasteiger partial charge in [-0.05, 0) is 55.9 Å². The molecule has 4 heteroatoms. The summed E-state index contributed by atoms with van der Waals surface area (Å²) in [5.41, 5.74) is 4.48. The number of hydrogen-bond donors (Lipinski definition) is 2. The number of rotatable bonds is 5. The first-order valence-corrected chi connectivity index (χ1v) is 8.19. The molecule has 1 aromatic heterocycles. The SMILES string of the molecule is Cc1ncccc1NC(=O)[C@H](C)NCC1CCc2ccccc21. The highest BCUT2D eigenvalue weighted by Crippen LogP contribution is 2.32. The molecule has 0 spiro atoms. The lowest BCUT2D eigenvalue weighted by atomic mass is 10.0. The van der Waals surface area contributed by atoms with E-state index in [2.05, 4.69) is 39.9 Å². The molecule has 1 aliphatic carbocycles. The Bertz CT molecular complexity index is 699. The molecule has 0 bridgehead atoms. The summed E-state index contributed by atoms with van der Waals surface area (Å²) in [5.74, 6) is 0.481. The van der Waals surface area contributed by atoms with Crippen molar-refractivity contribution in [1.82, 2.24) is 10.3 Å². The molecule has 0 aliphatic heterocycles. The van der Waals surface area contributed by atoms with Crippen LogP contribution in [0.5, 0.6) is 0 Å². The van der Waals surface area contributed by atoms with Gasteiger partial charge in [0.2, 0.25) is 5.91 Å². The average molecular weight is 309 g/mol. The Balaban J connectivity index is 1.55. The summed E-state index contributed by atoms with van der Waals surface area (Å²) in [4.78, 5) is 16.5. The molecule has 0 saturated heterocycles. The van der Waals surface area contributed by atoms with Crippen LogP contribution in [-0.4, -0.2) is 23.5 Å². The minimum Gasteiger partial charge on any atom is -0.323 e. The third kappa shape index (κ3) is 3.59. The second-order valence-electron chi connectivity index (χ2n) is 6.19. The molecule has 23 heavy (non-hydrogen) atoms. The van der Waals surface area contributed by atoms with Gasteiger partial charge in [-0.1, -0.05) is 24.3 Å². The Hall–Kier alpha value is -2.20. The van der Waals surface area contributed by atoms with Crippen molar-refractivity contribution in [2.75, 3.05) is 11.9 Å². The number of hydrogen-bond acceptors (Lipinski definition) is 3. The van der Waals surface area contributed by atoms with Crippen molar-refractivity contribution in [2.45, 2.75) is 38.6 Å². The normalized spacial score (nSPS) is 17.6. The molecule has 2 atom stereocenters. The van der Waals surface area contributed by atoms with E-state index in [1.165, 1.54) is 11.1 Å². The van der Waals surface area contributed by atoms with Crippen molar-refractivity contribution in [1.29, 1.82) is 0 Å². The number of benzene rings is 1. The van der Waals surface area contributed by atoms with Crippen LogP contribution in [0.1, 0.15) is 36.1 Å². The van der Waals surface area contributed by atoms with Crippen molar-refractivity contribution >= 4 is 11.6 Å². The maximum absolute atomic E-state index is 12.3. The van der Waals surface area contributed by atoms with Crippen LogP contribution in [0.25, 0.3) is 0 Å². The lowest BCUT2D eigenvalue weighted by molar-refractivity contribution is -0.117. The van der Waals surface area contributed by atoms with Crippen LogP contribution in [-0.2, 0) is 11.2 Å². The number of carbonyl (C=O) groups excluding carboxylic acids is 1. The van der Waals surface area contributed by atoms with E-state index in [0.29, 0.717) is 5.92 Å². The predicted molar refractivity (Wildman–Crippen MR) is 92.6 cm³/mol. The maximum atomic E-state index is 12.3. The summed E-state index contributed by atoms with van der Waals surface area (Å²) in [6.45, 7) is 4.63. The van der Waals surface area contributed by atoms with Crippen molar-refractivity contribution < 1.29 is 4.79 Å². The smallest absolute Gasteiger partial charge is 0.241 e. The first-order chi connectivity index (χ1) is 11.1. The Kier molecular flexibility index (Phi) is 4.72. The second kappa shape index (κ2) is 6.92. The van der Waals surface area contributed by atoms with E-state index in [-0.39, 0.29) is 11.9 Å². The minimum atomic E-state index is -0.234. The Morgan fingerprint density at radius 2 is 2.13 bits per heavy atom. The van der Waals surface area contributed by atoms with E-state index in [1.807, 2.05) is 26.0 Å². The molecule has 3 rings (SSSR count). The average Bonchev–Trinajstić information content (AvgIpc) is 2.98. The number of anilines is 1. The topological polar surface area (TPSA) is 54.0 Å². The Morgan fingerprint density at radius 3 is 2.96 bits per heavy atom. The number of nitrogens with zero attached hydrogens (tertiary/aromatic N) is 1. The standard InChI is InChI=1S/C19H23N3O/c1-13-18(8-5-11-20-13)22-19(23)14(2)21-12-16-10-9-15-6-3-4-7-17(15)16/h3-8,11,14,16,21H,9-10,12H2,1-2H3,(H,22,23)/t14-,16?/m0/s1. The molecule has 1 heterocycles. The van der Waals surface area contributed by atoms with Crippen LogP contribution < -0.4 is 10.6 Å². The fourth-order valence-electron chi connectivity index (χ4n) is 3.13. The number of fused-ring (bicyclic) bond motifs is 1. The fourth-order valence-corrected chi connectivity index (χ4v) is 3.13. The van der Waals surface area contributed by atoms with Gasteiger partial charge in [0.25, 0.3) is 0 Å². The highest BCUT2D eigenvalue weighted by molar-refractivity contribution is 5.94. The summed E-state index contributed by atoms with van der Waals surface area (Å²) in [7, 11) is 0. The van der Waals surface area contributed by atoms with Crippen molar-refractivity contribution in [3.05, 3.63) is 59.4 Å². The van der Waals surface area contributed by atoms with Gasteiger partial charge in [0.05, 0.1) is 17.4 Å². The molecular formula is C19H23N3O. The van der Waals surface area contributed by atoms with E-state index >= 15 is 0 Å². The quantitative estimate of drug-likeness (QED) is 0.892. The van der Waals surface area contributed by atoms with Crippen LogP contribution in [0.4, 0.5) is 5.69 Å². The number of pyridine rings is 1. The zero-order chi connectivity index (χ0) is 16.2. The third-order valence-corrected chi connectivity index (χ3v) is 4.59. The van der Waals surface area contributed by atoms with E-state index in [1.54, 1.807) is 6.20 Å². The minimum absolute atomic E-state index is 0.0209. The molecule has 2 aromatic rings. The lowest BCUT2D eigenvalue weighted by Crippen LogP contribution is -2.40. The first kappa shape index (κ1) is 15.7. The maximum Gasteiger partial charge on any atom is 0.241 e. The Morgan fingerprint density at radius 1 is 1.30 bits per heavy atom. The monoisotopic (exact) mass is 309 g/mol. The second-order valence-corrected chi connectivity index (χ2v) is 6.19. The summed E-state index contributed by atoms with van der Waals surface area (Å²) in [6, 6.07) is 12.1. The highest BCUT2D eigenvalue weighted by atomic mass is 16.2. The van der Waals surface area contributed by atoms with Gasteiger partial charge in [0, 0.05) is 12.7 Å². The number of aryl methyl sites for hydroxylation is 2. The van der Waals surface area contributed by atoms with Crippen LogP contribution in [0.2, 0.25) is 0 Å². The van der Waals surface area contributed by atoms with Crippen LogP contribution in [0, 0.1) is 6.92 Å². The van der Waals surface area contributed by atoms with Crippen LogP contribution in [0.15, 0.2) is 42.6 Å². The van der Waals surface area contributed by atoms with Gasteiger partial charge in [-0.2, -0.15) is 0 Å². The number of carbonyl (C=O) groups is 1. The molecular weight excluding hydrogens is 286 g/mol. The van der Waals surface area contributed by atoms with Gasteiger partial charge in [-0.3, -0.25) is 9.78 Å². The van der Waals surface area contributed by atoms with Gasteiger partial charge < -0.3 is 10.6 Å². The van der Waals surface area contributed by atoms with Gasteiger partial charge >= 0.3 is 0 Å². The van der Waals surface area contributed by atoms with Gasteiger partial charge in [0.15, 0.2) is 0 Å². The van der Waals surface area contributed by atoms with Gasteiger partial charge in [-0.25, -0.2) is 0 Å². The summed E-state index contributed by atoms with van der Waals surface area (Å²) in [6.07, 6.45) is 4.02. The van der Waals surface area contributed by atoms with Crippen molar-refractivity contribution in [3.8, 4) is 0 Å². The number of aromatic nitrogens is 1. The molecule has 4 nitrogen and oxygen atoms in total. The van der Waals surface area contributed by atoms with Crippen LogP contribution in [0.3, 0.4) is 0 Å². The molecule has 2 N–H and O–H groups in total. The lowest BCUT2D eigenvalue weighted by Gasteiger charge is -2.18. The third-order valence-electron chi connectivity index (χ3n) is 4.59. The molecule has 1 aliphatic rings. The molecule has 1 aromatic carbocycles. The van der Waals surface area contributed by atoms with E-state index < -0.39 is 0 Å². The molecule has 1 amide bonds. The van der Waals surface area contributed by atoms with E-state index in [4.69, 9.17) is 0 Å². The zero-order valence-electron chi connectivity index (χ0n) is 13.7. The first-order valence-electron chi connectivity index (χ1n) is 8.19. The van der Waals surface area contributed by atoms with E-state index in [9.17, 15) is 4.79 Å². The van der Waals surface area contributed by atoms with Gasteiger partial charge in [-0.15, -0.1) is 0 Å². The Labute approximate surface area is 137 Å². The highest BCUT2D eigenvalue weighted by Gasteiger charge is 2.23. The molecule has 0 radical (unpaired) electrons.